The Morgan fingerprint density at radius 2 is 2.16 bits per heavy atom. The highest BCUT2D eigenvalue weighted by molar-refractivity contribution is 5.98. The van der Waals surface area contributed by atoms with Crippen molar-refractivity contribution in [1.82, 2.24) is 5.32 Å². The molecule has 138 valence electrons. The van der Waals surface area contributed by atoms with Gasteiger partial charge in [-0.05, 0) is 56.7 Å². The first-order valence-electron chi connectivity index (χ1n) is 9.09. The van der Waals surface area contributed by atoms with Crippen LogP contribution in [0.1, 0.15) is 43.0 Å². The summed E-state index contributed by atoms with van der Waals surface area (Å²) in [5, 5.41) is 15.4. The standard InChI is InChI=1S/C19H30N4O2/c1-14(25)17-6-3-7-18(11-17)23-19(21-8-9-24)22-13-16-5-2-4-15(10-16)12-20/h3,6-7,11,15-16,24H,2,4-5,8-10,12-13,20H2,1H3,(H2,21,22,23). The molecule has 1 aliphatic carbocycles. The van der Waals surface area contributed by atoms with Crippen molar-refractivity contribution in [2.45, 2.75) is 32.6 Å². The number of rotatable bonds is 7. The maximum absolute atomic E-state index is 11.5. The van der Waals surface area contributed by atoms with Gasteiger partial charge < -0.3 is 21.5 Å². The monoisotopic (exact) mass is 346 g/mol. The van der Waals surface area contributed by atoms with Crippen molar-refractivity contribution < 1.29 is 9.90 Å². The molecule has 0 amide bonds. The van der Waals surface area contributed by atoms with Crippen molar-refractivity contribution in [2.24, 2.45) is 22.6 Å². The number of hydrogen-bond donors (Lipinski definition) is 4. The summed E-state index contributed by atoms with van der Waals surface area (Å²) in [5.41, 5.74) is 7.27. The smallest absolute Gasteiger partial charge is 0.195 e. The summed E-state index contributed by atoms with van der Waals surface area (Å²) in [4.78, 5) is 16.2. The van der Waals surface area contributed by atoms with Gasteiger partial charge >= 0.3 is 0 Å². The summed E-state index contributed by atoms with van der Waals surface area (Å²) in [6.07, 6.45) is 4.76. The number of carbonyl (C=O) groups excluding carboxylic acids is 1. The molecule has 0 radical (unpaired) electrons. The molecule has 6 nitrogen and oxygen atoms in total. The highest BCUT2D eigenvalue weighted by atomic mass is 16.3. The Morgan fingerprint density at radius 3 is 2.88 bits per heavy atom. The predicted octanol–water partition coefficient (Wildman–Crippen LogP) is 2.00. The average molecular weight is 346 g/mol. The first-order chi connectivity index (χ1) is 12.1. The number of guanidine groups is 1. The summed E-state index contributed by atoms with van der Waals surface area (Å²) < 4.78 is 0. The number of carbonyl (C=O) groups is 1. The number of hydrogen-bond acceptors (Lipinski definition) is 4. The van der Waals surface area contributed by atoms with Gasteiger partial charge in [0, 0.05) is 24.3 Å². The number of Topliss-reactive ketones (excluding diaryl/α,β-unsaturated/α-hetero) is 1. The van der Waals surface area contributed by atoms with E-state index in [4.69, 9.17) is 10.8 Å². The van der Waals surface area contributed by atoms with Crippen LogP contribution in [0.3, 0.4) is 0 Å². The van der Waals surface area contributed by atoms with E-state index in [9.17, 15) is 4.79 Å². The first-order valence-corrected chi connectivity index (χ1v) is 9.09. The zero-order chi connectivity index (χ0) is 18.1. The fourth-order valence-electron chi connectivity index (χ4n) is 3.27. The first kappa shape index (κ1) is 19.4. The van der Waals surface area contributed by atoms with E-state index in [1.54, 1.807) is 13.0 Å². The third kappa shape index (κ3) is 6.48. The van der Waals surface area contributed by atoms with Crippen molar-refractivity contribution in [2.75, 3.05) is 31.6 Å². The highest BCUT2D eigenvalue weighted by Gasteiger charge is 2.20. The van der Waals surface area contributed by atoms with Crippen molar-refractivity contribution >= 4 is 17.4 Å². The van der Waals surface area contributed by atoms with Crippen LogP contribution in [0.2, 0.25) is 0 Å². The molecule has 0 saturated heterocycles. The van der Waals surface area contributed by atoms with Gasteiger partial charge in [0.05, 0.1) is 6.61 Å². The van der Waals surface area contributed by atoms with Crippen molar-refractivity contribution in [3.63, 3.8) is 0 Å². The Bertz CT molecular complexity index is 589. The zero-order valence-corrected chi connectivity index (χ0v) is 15.0. The largest absolute Gasteiger partial charge is 0.395 e. The van der Waals surface area contributed by atoms with E-state index in [0.29, 0.717) is 29.9 Å². The summed E-state index contributed by atoms with van der Waals surface area (Å²) in [6, 6.07) is 7.34. The molecular weight excluding hydrogens is 316 g/mol. The van der Waals surface area contributed by atoms with Crippen LogP contribution in [0.4, 0.5) is 5.69 Å². The Morgan fingerprint density at radius 1 is 1.36 bits per heavy atom. The summed E-state index contributed by atoms with van der Waals surface area (Å²) >= 11 is 0. The molecule has 0 bridgehead atoms. The Kier molecular flexibility index (Phi) is 7.88. The molecule has 2 atom stereocenters. The lowest BCUT2D eigenvalue weighted by molar-refractivity contribution is 0.101. The topological polar surface area (TPSA) is 99.7 Å². The van der Waals surface area contributed by atoms with Crippen LogP contribution in [0, 0.1) is 11.8 Å². The molecule has 2 unspecified atom stereocenters. The second-order valence-corrected chi connectivity index (χ2v) is 6.74. The second-order valence-electron chi connectivity index (χ2n) is 6.74. The molecule has 1 aliphatic rings. The molecule has 1 aromatic carbocycles. The number of nitrogens with one attached hydrogen (secondary N) is 2. The Labute approximate surface area is 149 Å². The van der Waals surface area contributed by atoms with Gasteiger partial charge in [0.1, 0.15) is 0 Å². The van der Waals surface area contributed by atoms with Crippen molar-refractivity contribution in [3.05, 3.63) is 29.8 Å². The molecular formula is C19H30N4O2. The third-order valence-electron chi connectivity index (χ3n) is 4.67. The fourth-order valence-corrected chi connectivity index (χ4v) is 3.27. The van der Waals surface area contributed by atoms with Crippen LogP contribution < -0.4 is 16.4 Å². The number of aliphatic hydroxyl groups is 1. The quantitative estimate of drug-likeness (QED) is 0.344. The van der Waals surface area contributed by atoms with Crippen molar-refractivity contribution in [3.8, 4) is 0 Å². The van der Waals surface area contributed by atoms with E-state index < -0.39 is 0 Å². The van der Waals surface area contributed by atoms with E-state index >= 15 is 0 Å². The van der Waals surface area contributed by atoms with E-state index in [2.05, 4.69) is 15.6 Å². The third-order valence-corrected chi connectivity index (χ3v) is 4.67. The van der Waals surface area contributed by atoms with E-state index in [1.807, 2.05) is 18.2 Å². The van der Waals surface area contributed by atoms with E-state index in [1.165, 1.54) is 19.3 Å². The van der Waals surface area contributed by atoms with Crippen LogP contribution in [0.15, 0.2) is 29.3 Å². The zero-order valence-electron chi connectivity index (χ0n) is 15.0. The molecule has 1 aromatic rings. The number of nitrogens with zero attached hydrogens (tertiary/aromatic N) is 1. The molecule has 0 heterocycles. The fraction of sp³-hybridized carbons (Fsp3) is 0.579. The van der Waals surface area contributed by atoms with Crippen LogP contribution in [0.25, 0.3) is 0 Å². The summed E-state index contributed by atoms with van der Waals surface area (Å²) in [6.45, 7) is 3.51. The number of anilines is 1. The van der Waals surface area contributed by atoms with Gasteiger partial charge in [-0.25, -0.2) is 0 Å². The van der Waals surface area contributed by atoms with E-state index in [-0.39, 0.29) is 12.4 Å². The average Bonchev–Trinajstić information content (AvgIpc) is 2.64. The lowest BCUT2D eigenvalue weighted by atomic mass is 9.81. The predicted molar refractivity (Wildman–Crippen MR) is 102 cm³/mol. The molecule has 1 saturated carbocycles. The second kappa shape index (κ2) is 10.2. The number of benzene rings is 1. The minimum Gasteiger partial charge on any atom is -0.395 e. The Balaban J connectivity index is 2.02. The van der Waals surface area contributed by atoms with Crippen LogP contribution in [-0.2, 0) is 0 Å². The SMILES string of the molecule is CC(=O)c1cccc(NC(=NCC2CCCC(CN)C2)NCCO)c1. The lowest BCUT2D eigenvalue weighted by Crippen LogP contribution is -2.34. The minimum atomic E-state index is 0.0282. The Hall–Kier alpha value is -1.92. The molecule has 5 N–H and O–H groups in total. The van der Waals surface area contributed by atoms with E-state index in [0.717, 1.165) is 25.2 Å². The van der Waals surface area contributed by atoms with Gasteiger partial charge in [0.25, 0.3) is 0 Å². The number of aliphatic imine (C=N–C) groups is 1. The molecule has 25 heavy (non-hydrogen) atoms. The molecule has 0 aliphatic heterocycles. The number of aliphatic hydroxyl groups excluding tert-OH is 1. The molecule has 0 spiro atoms. The molecule has 1 fully saturated rings. The van der Waals surface area contributed by atoms with Gasteiger partial charge in [-0.3, -0.25) is 9.79 Å². The van der Waals surface area contributed by atoms with Crippen LogP contribution >= 0.6 is 0 Å². The highest BCUT2D eigenvalue weighted by Crippen LogP contribution is 2.28. The molecule has 0 aromatic heterocycles. The lowest BCUT2D eigenvalue weighted by Gasteiger charge is -2.27. The van der Waals surface area contributed by atoms with Crippen molar-refractivity contribution in [1.29, 1.82) is 0 Å². The summed E-state index contributed by atoms with van der Waals surface area (Å²) in [5.74, 6) is 1.83. The normalized spacial score (nSPS) is 21.0. The van der Waals surface area contributed by atoms with Crippen LogP contribution in [0.5, 0.6) is 0 Å². The van der Waals surface area contributed by atoms with Gasteiger partial charge in [0.2, 0.25) is 0 Å². The summed E-state index contributed by atoms with van der Waals surface area (Å²) in [7, 11) is 0. The van der Waals surface area contributed by atoms with Gasteiger partial charge in [0.15, 0.2) is 11.7 Å². The van der Waals surface area contributed by atoms with Crippen LogP contribution in [-0.4, -0.2) is 43.1 Å². The maximum atomic E-state index is 11.5. The number of ketones is 1. The maximum Gasteiger partial charge on any atom is 0.195 e. The molecule has 2 rings (SSSR count). The molecule has 6 heteroatoms. The minimum absolute atomic E-state index is 0.0282. The van der Waals surface area contributed by atoms with Gasteiger partial charge in [-0.1, -0.05) is 18.6 Å². The number of nitrogens with two attached hydrogens (primary N) is 1. The van der Waals surface area contributed by atoms with Gasteiger partial charge in [-0.2, -0.15) is 0 Å². The van der Waals surface area contributed by atoms with Gasteiger partial charge in [-0.15, -0.1) is 0 Å².